The van der Waals surface area contributed by atoms with Crippen molar-refractivity contribution in [3.05, 3.63) is 45.9 Å². The van der Waals surface area contributed by atoms with Crippen LogP contribution in [0, 0.1) is 23.7 Å². The van der Waals surface area contributed by atoms with Gasteiger partial charge in [0, 0.05) is 49.6 Å². The summed E-state index contributed by atoms with van der Waals surface area (Å²) in [5.41, 5.74) is 0.810. The lowest BCUT2D eigenvalue weighted by Gasteiger charge is -2.39. The molecule has 0 saturated carbocycles. The lowest BCUT2D eigenvalue weighted by Crippen LogP contribution is -2.50. The third-order valence-electron chi connectivity index (χ3n) is 12.6. The average molecular weight is 926 g/mol. The predicted octanol–water partition coefficient (Wildman–Crippen LogP) is 6.51. The lowest BCUT2D eigenvalue weighted by molar-refractivity contribution is -0.161. The third-order valence-corrected chi connectivity index (χ3v) is 13.6. The molecule has 2 saturated heterocycles. The second-order valence-corrected chi connectivity index (χ2v) is 19.0. The summed E-state index contributed by atoms with van der Waals surface area (Å²) in [5.74, 6) is -4.84. The highest BCUT2D eigenvalue weighted by Crippen LogP contribution is 2.34. The Bertz CT molecular complexity index is 1920. The van der Waals surface area contributed by atoms with Crippen LogP contribution in [0.15, 0.2) is 29.6 Å². The van der Waals surface area contributed by atoms with Crippen molar-refractivity contribution in [3.8, 4) is 5.75 Å². The van der Waals surface area contributed by atoms with Gasteiger partial charge in [0.1, 0.15) is 22.5 Å². The summed E-state index contributed by atoms with van der Waals surface area (Å²) in [5, 5.41) is 17.7. The lowest BCUT2D eigenvalue weighted by atomic mass is 9.82. The number of amides is 2. The van der Waals surface area contributed by atoms with Gasteiger partial charge in [0.2, 0.25) is 5.91 Å². The van der Waals surface area contributed by atoms with Crippen LogP contribution < -0.4 is 15.4 Å². The molecular formula is C48H71N5O11S. The highest BCUT2D eigenvalue weighted by Gasteiger charge is 2.40. The summed E-state index contributed by atoms with van der Waals surface area (Å²) < 4.78 is 17.1. The number of benzene rings is 1. The molecule has 2 amide bonds. The first kappa shape index (κ1) is 52.9. The first-order chi connectivity index (χ1) is 30.9. The fourth-order valence-electron chi connectivity index (χ4n) is 8.55. The number of carboxylic acid groups (broad SMARTS) is 1. The van der Waals surface area contributed by atoms with Gasteiger partial charge in [0.15, 0.2) is 18.6 Å². The molecule has 3 heterocycles. The predicted molar refractivity (Wildman–Crippen MR) is 245 cm³/mol. The normalized spacial score (nSPS) is 19.3. The van der Waals surface area contributed by atoms with Crippen molar-refractivity contribution in [2.45, 2.75) is 156 Å². The highest BCUT2D eigenvalue weighted by atomic mass is 32.1. The number of thiazole rings is 1. The number of piperidine rings is 1. The molecule has 1 aromatic carbocycles. The quantitative estimate of drug-likeness (QED) is 0.0551. The number of ether oxygens (including phenoxy) is 3. The second-order valence-electron chi connectivity index (χ2n) is 18.1. The number of nitrogens with one attached hydrogen (secondary N) is 2. The van der Waals surface area contributed by atoms with Crippen molar-refractivity contribution in [1.29, 1.82) is 0 Å². The summed E-state index contributed by atoms with van der Waals surface area (Å²) in [6.07, 6.45) is 5.12. The second kappa shape index (κ2) is 25.8. The zero-order valence-corrected chi connectivity index (χ0v) is 40.3. The number of esters is 3. The van der Waals surface area contributed by atoms with Crippen LogP contribution in [0.25, 0.3) is 0 Å². The molecular weight excluding hydrogens is 855 g/mol. The van der Waals surface area contributed by atoms with E-state index in [0.29, 0.717) is 30.0 Å². The summed E-state index contributed by atoms with van der Waals surface area (Å²) >= 11 is 1.10. The molecule has 2 aliphatic heterocycles. The molecule has 17 heteroatoms. The van der Waals surface area contributed by atoms with Crippen LogP contribution in [0.4, 0.5) is 0 Å². The van der Waals surface area contributed by atoms with Crippen LogP contribution in [-0.2, 0) is 44.7 Å². The van der Waals surface area contributed by atoms with E-state index in [9.17, 15) is 38.7 Å². The Labute approximate surface area is 387 Å². The maximum absolute atomic E-state index is 14.9. The summed E-state index contributed by atoms with van der Waals surface area (Å²) in [6.45, 7) is 13.6. The van der Waals surface area contributed by atoms with Crippen molar-refractivity contribution in [3.63, 3.8) is 0 Å². The number of aliphatic carboxylic acids is 1. The van der Waals surface area contributed by atoms with E-state index in [1.807, 2.05) is 41.7 Å². The molecule has 0 bridgehead atoms. The minimum atomic E-state index is -1.02. The van der Waals surface area contributed by atoms with Crippen LogP contribution in [0.5, 0.6) is 5.75 Å². The Morgan fingerprint density at radius 1 is 1.00 bits per heavy atom. The van der Waals surface area contributed by atoms with Crippen LogP contribution >= 0.6 is 11.3 Å². The summed E-state index contributed by atoms with van der Waals surface area (Å²) in [7, 11) is 1.94. The van der Waals surface area contributed by atoms with E-state index in [2.05, 4.69) is 20.5 Å². The number of likely N-dealkylation sites (tertiary alicyclic amines) is 1. The standard InChI is InChI=1S/C48H71N5O11S/c1-9-14-43(56)62-28-53(46(58)36(30(5)10-2)25-41(55)39-16-11-12-22-52(39)8)40(29(3)4)26-42(63-32(7)54)45-51-38(27-65-45)44(57)50-34(23-31(6)47(59)60)24-33-17-19-35(20-18-33)64-48(61)37-15-13-21-49-37/h17-20,27,29-31,34,36-37,39-40,42,49H,9-16,21-26,28H2,1-8H3,(H,50,57)(H,59,60)/t30-,31-,34+,36-,37+,39+,40+,42+/m0/s1. The van der Waals surface area contributed by atoms with E-state index >= 15 is 0 Å². The third kappa shape index (κ3) is 16.0. The van der Waals surface area contributed by atoms with Crippen molar-refractivity contribution >= 4 is 52.8 Å². The van der Waals surface area contributed by atoms with Crippen molar-refractivity contribution < 1.29 is 52.9 Å². The van der Waals surface area contributed by atoms with Gasteiger partial charge in [-0.3, -0.25) is 33.7 Å². The smallest absolute Gasteiger partial charge is 0.328 e. The topological polar surface area (TPSA) is 211 Å². The van der Waals surface area contributed by atoms with Crippen molar-refractivity contribution in [2.75, 3.05) is 26.9 Å². The molecule has 0 spiro atoms. The molecule has 65 heavy (non-hydrogen) atoms. The van der Waals surface area contributed by atoms with Gasteiger partial charge in [-0.05, 0) is 94.6 Å². The van der Waals surface area contributed by atoms with Gasteiger partial charge in [0.25, 0.3) is 5.91 Å². The van der Waals surface area contributed by atoms with Crippen LogP contribution in [0.1, 0.15) is 146 Å². The first-order valence-corrected chi connectivity index (χ1v) is 24.2. The number of rotatable bonds is 25. The van der Waals surface area contributed by atoms with Gasteiger partial charge in [-0.2, -0.15) is 0 Å². The average Bonchev–Trinajstić information content (AvgIpc) is 3.99. The fraction of sp³-hybridized carbons (Fsp3) is 0.667. The maximum atomic E-state index is 14.9. The van der Waals surface area contributed by atoms with Crippen molar-refractivity contribution in [1.82, 2.24) is 25.4 Å². The Hall–Kier alpha value is -4.74. The van der Waals surface area contributed by atoms with E-state index in [1.54, 1.807) is 31.2 Å². The SMILES string of the molecule is CCCC(=O)OCN(C(=O)[C@@H](CC(=O)[C@H]1CCCCN1C)[C@@H](C)CC)[C@H](C[C@@H](OC(C)=O)c1nc(C(=O)N[C@@H](Cc2ccc(OC(=O)[C@H]3CCCN3)cc2)C[C@H](C)C(=O)O)cs1)C(C)C. The number of carboxylic acids is 1. The Morgan fingerprint density at radius 3 is 2.32 bits per heavy atom. The first-order valence-electron chi connectivity index (χ1n) is 23.3. The minimum absolute atomic E-state index is 0.00818. The summed E-state index contributed by atoms with van der Waals surface area (Å²) in [6, 6.07) is 4.97. The number of aromatic nitrogens is 1. The van der Waals surface area contributed by atoms with E-state index in [-0.39, 0.29) is 86.1 Å². The number of likely N-dealkylation sites (N-methyl/N-ethyl adjacent to an activating group) is 1. The van der Waals surface area contributed by atoms with E-state index in [4.69, 9.17) is 14.2 Å². The number of carbonyl (C=O) groups excluding carboxylic acids is 6. The van der Waals surface area contributed by atoms with Gasteiger partial charge in [-0.1, -0.05) is 66.5 Å². The van der Waals surface area contributed by atoms with Gasteiger partial charge >= 0.3 is 23.9 Å². The number of ketones is 1. The van der Waals surface area contributed by atoms with E-state index < -0.39 is 53.8 Å². The van der Waals surface area contributed by atoms with Gasteiger partial charge in [-0.15, -0.1) is 11.3 Å². The minimum Gasteiger partial charge on any atom is -0.481 e. The number of nitrogens with zero attached hydrogens (tertiary/aromatic N) is 3. The molecule has 2 fully saturated rings. The van der Waals surface area contributed by atoms with Crippen LogP contribution in [-0.4, -0.2) is 112 Å². The Kier molecular flexibility index (Phi) is 21.0. The molecule has 0 aliphatic carbocycles. The van der Waals surface area contributed by atoms with Gasteiger partial charge in [-0.25, -0.2) is 9.78 Å². The number of carbonyl (C=O) groups is 7. The fourth-order valence-corrected chi connectivity index (χ4v) is 9.39. The monoisotopic (exact) mass is 925 g/mol. The van der Waals surface area contributed by atoms with Crippen molar-refractivity contribution in [2.24, 2.45) is 23.7 Å². The van der Waals surface area contributed by atoms with E-state index in [0.717, 1.165) is 55.7 Å². The molecule has 2 aromatic rings. The largest absolute Gasteiger partial charge is 0.481 e. The van der Waals surface area contributed by atoms with Crippen LogP contribution in [0.2, 0.25) is 0 Å². The Morgan fingerprint density at radius 2 is 1.72 bits per heavy atom. The zero-order chi connectivity index (χ0) is 47.8. The van der Waals surface area contributed by atoms with Gasteiger partial charge in [0.05, 0.1) is 12.0 Å². The molecule has 4 rings (SSSR count). The molecule has 2 aliphatic rings. The Balaban J connectivity index is 1.58. The molecule has 0 unspecified atom stereocenters. The van der Waals surface area contributed by atoms with Gasteiger partial charge < -0.3 is 34.9 Å². The number of Topliss-reactive ketones (excluding diaryl/α,β-unsaturated/α-hetero) is 1. The molecule has 8 atom stereocenters. The molecule has 1 aromatic heterocycles. The summed E-state index contributed by atoms with van der Waals surface area (Å²) in [4.78, 5) is 101. The molecule has 0 radical (unpaired) electrons. The molecule has 16 nitrogen and oxygen atoms in total. The molecule has 360 valence electrons. The maximum Gasteiger partial charge on any atom is 0.328 e. The van der Waals surface area contributed by atoms with Crippen LogP contribution in [0.3, 0.4) is 0 Å². The van der Waals surface area contributed by atoms with E-state index in [1.165, 1.54) is 17.2 Å². The zero-order valence-electron chi connectivity index (χ0n) is 39.5. The highest BCUT2D eigenvalue weighted by molar-refractivity contribution is 7.09. The molecule has 3 N–H and O–H groups in total. The number of hydrogen-bond donors (Lipinski definition) is 3. The number of hydrogen-bond acceptors (Lipinski definition) is 14.